The van der Waals surface area contributed by atoms with Crippen LogP contribution in [0.2, 0.25) is 0 Å². The minimum atomic E-state index is -0.985. The number of hydrogen-bond donors (Lipinski definition) is 1. The second-order valence-electron chi connectivity index (χ2n) is 6.57. The number of anilines is 1. The highest BCUT2D eigenvalue weighted by atomic mass is 16.6. The molecule has 2 aromatic carbocycles. The number of aliphatic hydroxyl groups excluding tert-OH is 1. The number of rotatable bonds is 4. The van der Waals surface area contributed by atoms with Crippen molar-refractivity contribution in [2.75, 3.05) is 4.90 Å². The summed E-state index contributed by atoms with van der Waals surface area (Å²) in [7, 11) is 0. The summed E-state index contributed by atoms with van der Waals surface area (Å²) in [5, 5.41) is 21.9. The van der Waals surface area contributed by atoms with Gasteiger partial charge >= 0.3 is 5.91 Å². The number of aromatic nitrogens is 1. The van der Waals surface area contributed by atoms with Crippen molar-refractivity contribution in [3.63, 3.8) is 0 Å². The van der Waals surface area contributed by atoms with Crippen LogP contribution >= 0.6 is 0 Å². The first-order valence-electron chi connectivity index (χ1n) is 9.01. The fraction of sp³-hybridized carbons (Fsp3) is 0.0455. The van der Waals surface area contributed by atoms with Crippen molar-refractivity contribution in [2.45, 2.75) is 6.04 Å². The highest BCUT2D eigenvalue weighted by molar-refractivity contribution is 6.51. The molecule has 1 aliphatic rings. The van der Waals surface area contributed by atoms with Crippen molar-refractivity contribution < 1.29 is 19.6 Å². The van der Waals surface area contributed by atoms with Crippen LogP contribution in [0, 0.1) is 10.1 Å². The van der Waals surface area contributed by atoms with Crippen molar-refractivity contribution >= 4 is 29.0 Å². The average Bonchev–Trinajstić information content (AvgIpc) is 3.05. The lowest BCUT2D eigenvalue weighted by Gasteiger charge is -2.24. The third-order valence-corrected chi connectivity index (χ3v) is 4.81. The molecule has 148 valence electrons. The SMILES string of the molecule is O=C1C(=O)N(c2ccccn2)[C@@H](c2ccc([N+](=O)[O-])cc2)C1=C(O)c1ccccc1. The predicted molar refractivity (Wildman–Crippen MR) is 109 cm³/mol. The summed E-state index contributed by atoms with van der Waals surface area (Å²) >= 11 is 0. The molecule has 0 bridgehead atoms. The van der Waals surface area contributed by atoms with Crippen LogP contribution in [-0.2, 0) is 9.59 Å². The molecule has 1 saturated heterocycles. The summed E-state index contributed by atoms with van der Waals surface area (Å²) < 4.78 is 0. The highest BCUT2D eigenvalue weighted by Gasteiger charge is 2.47. The van der Waals surface area contributed by atoms with Crippen molar-refractivity contribution in [1.82, 2.24) is 4.98 Å². The fourth-order valence-corrected chi connectivity index (χ4v) is 3.41. The third kappa shape index (κ3) is 3.20. The molecule has 8 heteroatoms. The van der Waals surface area contributed by atoms with Gasteiger partial charge in [0.2, 0.25) is 0 Å². The third-order valence-electron chi connectivity index (χ3n) is 4.81. The first-order chi connectivity index (χ1) is 14.5. The van der Waals surface area contributed by atoms with Gasteiger partial charge in [0.1, 0.15) is 11.6 Å². The number of aliphatic hydroxyl groups is 1. The summed E-state index contributed by atoms with van der Waals surface area (Å²) in [5.74, 6) is -1.79. The maximum absolute atomic E-state index is 12.9. The normalized spacial score (nSPS) is 17.9. The molecule has 4 rings (SSSR count). The molecule has 0 saturated carbocycles. The summed E-state index contributed by atoms with van der Waals surface area (Å²) in [4.78, 5) is 41.6. The van der Waals surface area contributed by atoms with Gasteiger partial charge in [-0.2, -0.15) is 0 Å². The van der Waals surface area contributed by atoms with Crippen LogP contribution in [0.1, 0.15) is 17.2 Å². The van der Waals surface area contributed by atoms with Crippen LogP contribution in [-0.4, -0.2) is 26.7 Å². The van der Waals surface area contributed by atoms with Crippen molar-refractivity contribution in [1.29, 1.82) is 0 Å². The maximum atomic E-state index is 12.9. The van der Waals surface area contributed by atoms with E-state index < -0.39 is 22.7 Å². The van der Waals surface area contributed by atoms with Crippen molar-refractivity contribution in [3.8, 4) is 0 Å². The Kier molecular flexibility index (Phi) is 4.81. The largest absolute Gasteiger partial charge is 0.507 e. The molecule has 30 heavy (non-hydrogen) atoms. The number of carbonyl (C=O) groups is 2. The minimum Gasteiger partial charge on any atom is -0.507 e. The van der Waals surface area contributed by atoms with Crippen LogP contribution in [0.4, 0.5) is 11.5 Å². The zero-order chi connectivity index (χ0) is 21.3. The van der Waals surface area contributed by atoms with Crippen LogP contribution in [0.5, 0.6) is 0 Å². The molecular formula is C22H15N3O5. The van der Waals surface area contributed by atoms with E-state index in [0.717, 1.165) is 0 Å². The Morgan fingerprint density at radius 2 is 1.63 bits per heavy atom. The molecule has 8 nitrogen and oxygen atoms in total. The Labute approximate surface area is 170 Å². The van der Waals surface area contributed by atoms with Gasteiger partial charge in [0.25, 0.3) is 11.5 Å². The number of nitrogens with zero attached hydrogens (tertiary/aromatic N) is 3. The van der Waals surface area contributed by atoms with Crippen LogP contribution in [0.25, 0.3) is 5.76 Å². The standard InChI is InChI=1S/C22H15N3O5/c26-20(15-6-2-1-3-7-15)18-19(14-9-11-16(12-10-14)25(29)30)24(22(28)21(18)27)17-8-4-5-13-23-17/h1-13,19,26H/t19-/m0/s1. The van der Waals surface area contributed by atoms with E-state index >= 15 is 0 Å². The first kappa shape index (κ1) is 19.0. The molecule has 0 aliphatic carbocycles. The number of Topliss-reactive ketones (excluding diaryl/α,β-unsaturated/α-hetero) is 1. The molecule has 1 fully saturated rings. The second-order valence-corrected chi connectivity index (χ2v) is 6.57. The van der Waals surface area contributed by atoms with Gasteiger partial charge in [-0.1, -0.05) is 36.4 Å². The monoisotopic (exact) mass is 401 g/mol. The molecule has 1 atom stereocenters. The molecule has 2 heterocycles. The Morgan fingerprint density at radius 1 is 0.967 bits per heavy atom. The number of nitro groups is 1. The van der Waals surface area contributed by atoms with E-state index in [0.29, 0.717) is 11.1 Å². The van der Waals surface area contributed by atoms with E-state index in [9.17, 15) is 24.8 Å². The lowest BCUT2D eigenvalue weighted by Crippen LogP contribution is -2.30. The van der Waals surface area contributed by atoms with Crippen molar-refractivity contribution in [2.24, 2.45) is 0 Å². The Balaban J connectivity index is 1.93. The molecule has 1 aliphatic heterocycles. The Hall–Kier alpha value is -4.33. The molecule has 0 spiro atoms. The van der Waals surface area contributed by atoms with E-state index in [1.807, 2.05) is 0 Å². The van der Waals surface area contributed by atoms with E-state index in [-0.39, 0.29) is 22.8 Å². The number of non-ortho nitro benzene ring substituents is 1. The first-order valence-corrected chi connectivity index (χ1v) is 9.01. The number of pyridine rings is 1. The van der Waals surface area contributed by atoms with E-state index in [1.54, 1.807) is 48.5 Å². The number of amides is 1. The van der Waals surface area contributed by atoms with Gasteiger partial charge in [0, 0.05) is 23.9 Å². The molecule has 3 aromatic rings. The van der Waals surface area contributed by atoms with Gasteiger partial charge in [0.15, 0.2) is 0 Å². The highest BCUT2D eigenvalue weighted by Crippen LogP contribution is 2.41. The Bertz CT molecular complexity index is 1160. The smallest absolute Gasteiger partial charge is 0.301 e. The van der Waals surface area contributed by atoms with Crippen LogP contribution in [0.15, 0.2) is 84.6 Å². The van der Waals surface area contributed by atoms with E-state index in [1.165, 1.54) is 35.4 Å². The zero-order valence-electron chi connectivity index (χ0n) is 15.5. The molecule has 0 radical (unpaired) electrons. The molecule has 1 N–H and O–H groups in total. The minimum absolute atomic E-state index is 0.106. The van der Waals surface area contributed by atoms with Crippen LogP contribution in [0.3, 0.4) is 0 Å². The van der Waals surface area contributed by atoms with Crippen molar-refractivity contribution in [3.05, 3.63) is 106 Å². The summed E-state index contributed by atoms with van der Waals surface area (Å²) in [6.45, 7) is 0. The number of ketones is 1. The predicted octanol–water partition coefficient (Wildman–Crippen LogP) is 3.62. The maximum Gasteiger partial charge on any atom is 0.301 e. The average molecular weight is 401 g/mol. The van der Waals surface area contributed by atoms with Gasteiger partial charge in [0.05, 0.1) is 16.5 Å². The van der Waals surface area contributed by atoms with E-state index in [4.69, 9.17) is 0 Å². The summed E-state index contributed by atoms with van der Waals surface area (Å²) in [5.41, 5.74) is 0.577. The van der Waals surface area contributed by atoms with Gasteiger partial charge in [-0.3, -0.25) is 24.6 Å². The lowest BCUT2D eigenvalue weighted by molar-refractivity contribution is -0.384. The van der Waals surface area contributed by atoms with Gasteiger partial charge < -0.3 is 5.11 Å². The second kappa shape index (κ2) is 7.59. The number of carbonyl (C=O) groups excluding carboxylic acids is 2. The quantitative estimate of drug-likeness (QED) is 0.235. The Morgan fingerprint density at radius 3 is 2.23 bits per heavy atom. The lowest BCUT2D eigenvalue weighted by atomic mass is 9.95. The topological polar surface area (TPSA) is 114 Å². The number of hydrogen-bond acceptors (Lipinski definition) is 6. The van der Waals surface area contributed by atoms with Gasteiger partial charge in [-0.05, 0) is 29.8 Å². The fourth-order valence-electron chi connectivity index (χ4n) is 3.41. The molecule has 0 unspecified atom stereocenters. The molecular weight excluding hydrogens is 386 g/mol. The number of benzene rings is 2. The summed E-state index contributed by atoms with van der Waals surface area (Å²) in [6.07, 6.45) is 1.48. The number of nitro benzene ring substituents is 1. The van der Waals surface area contributed by atoms with Gasteiger partial charge in [-0.25, -0.2) is 4.98 Å². The molecule has 1 aromatic heterocycles. The van der Waals surface area contributed by atoms with Crippen LogP contribution < -0.4 is 4.90 Å². The molecule has 1 amide bonds. The van der Waals surface area contributed by atoms with E-state index in [2.05, 4.69) is 4.98 Å². The summed E-state index contributed by atoms with van der Waals surface area (Å²) in [6, 6.07) is 17.8. The zero-order valence-corrected chi connectivity index (χ0v) is 15.5. The van der Waals surface area contributed by atoms with Gasteiger partial charge in [-0.15, -0.1) is 0 Å².